The number of benzene rings is 1. The molecule has 0 radical (unpaired) electrons. The molecule has 0 bridgehead atoms. The van der Waals surface area contributed by atoms with Crippen LogP contribution in [0.5, 0.6) is 5.75 Å². The summed E-state index contributed by atoms with van der Waals surface area (Å²) in [5.41, 5.74) is 1.20. The minimum absolute atomic E-state index is 0.0378. The predicted octanol–water partition coefficient (Wildman–Crippen LogP) is 2.73. The lowest BCUT2D eigenvalue weighted by Crippen LogP contribution is -2.13. The molecule has 1 aromatic carbocycles. The molecule has 0 aliphatic heterocycles. The molecule has 1 unspecified atom stereocenters. The third-order valence-electron chi connectivity index (χ3n) is 2.24. The number of nitrogens with zero attached hydrogens (tertiary/aromatic N) is 1. The number of carbonyl (C=O) groups excluding carboxylic acids is 1. The molecule has 1 rings (SSSR count). The van der Waals surface area contributed by atoms with E-state index in [1.165, 1.54) is 7.11 Å². The first-order chi connectivity index (χ1) is 7.61. The quantitative estimate of drug-likeness (QED) is 0.630. The summed E-state index contributed by atoms with van der Waals surface area (Å²) in [5.74, 6) is 0.546. The zero-order valence-electron chi connectivity index (χ0n) is 9.16. The van der Waals surface area contributed by atoms with Gasteiger partial charge in [-0.3, -0.25) is 4.79 Å². The lowest BCUT2D eigenvalue weighted by atomic mass is 9.99. The zero-order valence-corrected chi connectivity index (χ0v) is 10.7. The maximum Gasteiger partial charge on any atom is 0.176 e. The van der Waals surface area contributed by atoms with Crippen molar-refractivity contribution in [1.82, 2.24) is 0 Å². The van der Waals surface area contributed by atoms with Gasteiger partial charge in [-0.25, -0.2) is 0 Å². The Morgan fingerprint density at radius 3 is 2.81 bits per heavy atom. The van der Waals surface area contributed by atoms with Crippen LogP contribution in [0.4, 0.5) is 0 Å². The van der Waals surface area contributed by atoms with Gasteiger partial charge in [-0.15, -0.1) is 0 Å². The molecule has 0 spiro atoms. The number of rotatable bonds is 4. The van der Waals surface area contributed by atoms with Crippen LogP contribution >= 0.6 is 15.9 Å². The van der Waals surface area contributed by atoms with E-state index in [1.807, 2.05) is 6.07 Å². The Bertz CT molecular complexity index is 435. The van der Waals surface area contributed by atoms with Gasteiger partial charge in [-0.2, -0.15) is 5.26 Å². The second kappa shape index (κ2) is 5.66. The highest BCUT2D eigenvalue weighted by atomic mass is 79.9. The topological polar surface area (TPSA) is 50.1 Å². The molecule has 84 valence electrons. The molecular formula is C12H12BrNO2. The fourth-order valence-electron chi connectivity index (χ4n) is 1.46. The second-order valence-electron chi connectivity index (χ2n) is 3.30. The summed E-state index contributed by atoms with van der Waals surface area (Å²) >= 11 is 3.23. The van der Waals surface area contributed by atoms with Gasteiger partial charge in [0.25, 0.3) is 0 Å². The first-order valence-electron chi connectivity index (χ1n) is 4.83. The van der Waals surface area contributed by atoms with E-state index in [4.69, 9.17) is 10.00 Å². The maximum absolute atomic E-state index is 11.9. The monoisotopic (exact) mass is 281 g/mol. The van der Waals surface area contributed by atoms with Crippen LogP contribution in [0.25, 0.3) is 0 Å². The minimum atomic E-state index is -0.267. The summed E-state index contributed by atoms with van der Waals surface area (Å²) in [6.07, 6.45) is 0.171. The molecule has 0 aromatic heterocycles. The number of hydrogen-bond acceptors (Lipinski definition) is 3. The maximum atomic E-state index is 11.9. The molecule has 0 heterocycles. The Balaban J connectivity index is 3.28. The molecule has 0 aliphatic rings. The zero-order chi connectivity index (χ0) is 12.1. The largest absolute Gasteiger partial charge is 0.496 e. The number of ketones is 1. The molecule has 0 fully saturated rings. The van der Waals surface area contributed by atoms with Gasteiger partial charge in [0, 0.05) is 11.1 Å². The molecule has 0 saturated carbocycles. The SMILES string of the molecule is COc1cccc(C(=O)C(C)Br)c1CC#N. The first-order valence-corrected chi connectivity index (χ1v) is 5.74. The summed E-state index contributed by atoms with van der Waals surface area (Å²) in [6.45, 7) is 1.76. The number of nitriles is 1. The Hall–Kier alpha value is -1.34. The van der Waals surface area contributed by atoms with E-state index < -0.39 is 0 Å². The van der Waals surface area contributed by atoms with E-state index in [2.05, 4.69) is 15.9 Å². The molecular weight excluding hydrogens is 270 g/mol. The fraction of sp³-hybridized carbons (Fsp3) is 0.333. The number of hydrogen-bond donors (Lipinski definition) is 0. The van der Waals surface area contributed by atoms with Crippen molar-refractivity contribution in [2.75, 3.05) is 7.11 Å². The lowest BCUT2D eigenvalue weighted by Gasteiger charge is -2.11. The highest BCUT2D eigenvalue weighted by molar-refractivity contribution is 9.10. The third kappa shape index (κ3) is 2.61. The first kappa shape index (κ1) is 12.7. The second-order valence-corrected chi connectivity index (χ2v) is 4.68. The van der Waals surface area contributed by atoms with Crippen LogP contribution in [-0.2, 0) is 6.42 Å². The van der Waals surface area contributed by atoms with E-state index in [9.17, 15) is 4.79 Å². The van der Waals surface area contributed by atoms with Gasteiger partial charge in [0.2, 0.25) is 0 Å². The Morgan fingerprint density at radius 2 is 2.31 bits per heavy atom. The minimum Gasteiger partial charge on any atom is -0.496 e. The molecule has 16 heavy (non-hydrogen) atoms. The van der Waals surface area contributed by atoms with E-state index >= 15 is 0 Å². The van der Waals surface area contributed by atoms with E-state index in [-0.39, 0.29) is 17.0 Å². The number of Topliss-reactive ketones (excluding diaryl/α,β-unsaturated/α-hetero) is 1. The van der Waals surface area contributed by atoms with Crippen molar-refractivity contribution >= 4 is 21.7 Å². The van der Waals surface area contributed by atoms with Gasteiger partial charge in [-0.1, -0.05) is 28.1 Å². The molecule has 1 atom stereocenters. The summed E-state index contributed by atoms with van der Waals surface area (Å²) in [5, 5.41) is 8.76. The number of methoxy groups -OCH3 is 1. The van der Waals surface area contributed by atoms with Gasteiger partial charge in [0.1, 0.15) is 5.75 Å². The van der Waals surface area contributed by atoms with E-state index in [0.717, 1.165) is 0 Å². The molecule has 4 heteroatoms. The molecule has 3 nitrogen and oxygen atoms in total. The highest BCUT2D eigenvalue weighted by Gasteiger charge is 2.18. The average molecular weight is 282 g/mol. The molecule has 0 saturated heterocycles. The van der Waals surface area contributed by atoms with Crippen LogP contribution in [0.15, 0.2) is 18.2 Å². The Morgan fingerprint density at radius 1 is 1.62 bits per heavy atom. The Labute approximate surface area is 103 Å². The van der Waals surface area contributed by atoms with E-state index in [0.29, 0.717) is 16.9 Å². The molecule has 1 aromatic rings. The number of halogens is 1. The normalized spacial score (nSPS) is 11.6. The van der Waals surface area contributed by atoms with Gasteiger partial charge in [0.05, 0.1) is 24.4 Å². The van der Waals surface area contributed by atoms with Crippen molar-refractivity contribution in [3.8, 4) is 11.8 Å². The third-order valence-corrected chi connectivity index (χ3v) is 2.65. The summed E-state index contributed by atoms with van der Waals surface area (Å²) in [6, 6.07) is 7.27. The van der Waals surface area contributed by atoms with Crippen molar-refractivity contribution in [3.63, 3.8) is 0 Å². The van der Waals surface area contributed by atoms with Gasteiger partial charge in [0.15, 0.2) is 5.78 Å². The fourth-order valence-corrected chi connectivity index (χ4v) is 1.71. The smallest absolute Gasteiger partial charge is 0.176 e. The predicted molar refractivity (Wildman–Crippen MR) is 65.0 cm³/mol. The van der Waals surface area contributed by atoms with Crippen LogP contribution in [0.3, 0.4) is 0 Å². The number of alkyl halides is 1. The Kier molecular flexibility index (Phi) is 4.51. The van der Waals surface area contributed by atoms with E-state index in [1.54, 1.807) is 25.1 Å². The molecule has 0 aliphatic carbocycles. The van der Waals surface area contributed by atoms with Crippen molar-refractivity contribution < 1.29 is 9.53 Å². The average Bonchev–Trinajstić information content (AvgIpc) is 2.28. The van der Waals surface area contributed by atoms with Gasteiger partial charge in [-0.05, 0) is 13.0 Å². The molecule has 0 N–H and O–H groups in total. The summed E-state index contributed by atoms with van der Waals surface area (Å²) < 4.78 is 5.15. The van der Waals surface area contributed by atoms with Crippen molar-refractivity contribution in [2.45, 2.75) is 18.2 Å². The van der Waals surface area contributed by atoms with Gasteiger partial charge < -0.3 is 4.74 Å². The standard InChI is InChI=1S/C12H12BrNO2/c1-8(13)12(15)10-4-3-5-11(16-2)9(10)6-7-14/h3-5,8H,6H2,1-2H3. The van der Waals surface area contributed by atoms with Crippen LogP contribution < -0.4 is 4.74 Å². The van der Waals surface area contributed by atoms with Crippen LogP contribution in [0.2, 0.25) is 0 Å². The van der Waals surface area contributed by atoms with Crippen molar-refractivity contribution in [1.29, 1.82) is 5.26 Å². The summed E-state index contributed by atoms with van der Waals surface area (Å²) in [4.78, 5) is 11.6. The van der Waals surface area contributed by atoms with Gasteiger partial charge >= 0.3 is 0 Å². The summed E-state index contributed by atoms with van der Waals surface area (Å²) in [7, 11) is 1.53. The lowest BCUT2D eigenvalue weighted by molar-refractivity contribution is 0.0994. The molecule has 0 amide bonds. The van der Waals surface area contributed by atoms with Crippen LogP contribution in [0.1, 0.15) is 22.8 Å². The highest BCUT2D eigenvalue weighted by Crippen LogP contribution is 2.24. The van der Waals surface area contributed by atoms with Crippen LogP contribution in [0, 0.1) is 11.3 Å². The van der Waals surface area contributed by atoms with Crippen molar-refractivity contribution in [2.24, 2.45) is 0 Å². The van der Waals surface area contributed by atoms with Crippen LogP contribution in [-0.4, -0.2) is 17.7 Å². The number of carbonyl (C=O) groups is 1. The number of ether oxygens (including phenoxy) is 1. The van der Waals surface area contributed by atoms with Crippen molar-refractivity contribution in [3.05, 3.63) is 29.3 Å².